The molecule has 0 heterocycles. The van der Waals surface area contributed by atoms with E-state index in [4.69, 9.17) is 4.74 Å². The van der Waals surface area contributed by atoms with Gasteiger partial charge in [0.2, 0.25) is 0 Å². The molecule has 0 bridgehead atoms. The fraction of sp³-hybridized carbons (Fsp3) is 0.931. The number of amides is 1. The van der Waals surface area contributed by atoms with Gasteiger partial charge in [-0.15, -0.1) is 0 Å². The van der Waals surface area contributed by atoms with Gasteiger partial charge in [0.05, 0.1) is 12.2 Å². The summed E-state index contributed by atoms with van der Waals surface area (Å²) >= 11 is 0. The zero-order valence-corrected chi connectivity index (χ0v) is 22.8. The van der Waals surface area contributed by atoms with Crippen molar-refractivity contribution in [1.82, 2.24) is 5.32 Å². The number of fused-ring (bicyclic) bond motifs is 5. The van der Waals surface area contributed by atoms with Crippen molar-refractivity contribution in [3.63, 3.8) is 0 Å². The van der Waals surface area contributed by atoms with Crippen molar-refractivity contribution in [2.24, 2.45) is 46.3 Å². The van der Waals surface area contributed by atoms with E-state index in [1.54, 1.807) is 6.92 Å². The number of carbonyl (C=O) groups excluding carboxylic acids is 2. The fourth-order valence-corrected chi connectivity index (χ4v) is 9.28. The van der Waals surface area contributed by atoms with Crippen molar-refractivity contribution in [2.75, 3.05) is 0 Å². The highest BCUT2D eigenvalue weighted by molar-refractivity contribution is 5.75. The second-order valence-electron chi connectivity index (χ2n) is 13.4. The summed E-state index contributed by atoms with van der Waals surface area (Å²) in [7, 11) is 0. The van der Waals surface area contributed by atoms with Crippen LogP contribution in [0.25, 0.3) is 0 Å². The first-order valence-corrected chi connectivity index (χ1v) is 14.2. The Bertz CT molecular complexity index is 800. The van der Waals surface area contributed by atoms with Gasteiger partial charge in [0.15, 0.2) is 0 Å². The molecular weight excluding hydrogens is 442 g/mol. The molecule has 0 aromatic carbocycles. The topological polar surface area (TPSA) is 95.9 Å². The standard InChI is InChI=1S/C29H49NO5/c1-16(2)30-27(34)35-20-11-12-28(5)19(13-20)14-24(32)26-22-10-9-21(17(3)7-8-18(4)31)29(22,6)25(33)15-23(26)28/h16-17,19-26,32-33H,7-15H2,1-6H3,(H,30,34)/t17-,19+,20-,21-,22+,23+,24-,25+,26+,28+,29-/m1/s1. The van der Waals surface area contributed by atoms with Crippen molar-refractivity contribution in [3.8, 4) is 0 Å². The van der Waals surface area contributed by atoms with Gasteiger partial charge in [-0.25, -0.2) is 4.79 Å². The lowest BCUT2D eigenvalue weighted by Crippen LogP contribution is -2.62. The SMILES string of the molecule is CC(=O)CC[C@@H](C)[C@H]1CC[C@H]2[C@@H]3[C@H](O)C[C@@H]4C[C@H](OC(=O)NC(C)C)CC[C@]4(C)[C@H]3C[C@H](O)[C@]12C. The Labute approximate surface area is 212 Å². The highest BCUT2D eigenvalue weighted by Gasteiger charge is 2.65. The first kappa shape index (κ1) is 26.9. The first-order valence-electron chi connectivity index (χ1n) is 14.2. The molecule has 11 atom stereocenters. The zero-order chi connectivity index (χ0) is 25.7. The maximum atomic E-state index is 12.2. The number of aliphatic hydroxyl groups is 2. The van der Waals surface area contributed by atoms with Gasteiger partial charge in [-0.1, -0.05) is 20.8 Å². The lowest BCUT2D eigenvalue weighted by molar-refractivity contribution is -0.206. The van der Waals surface area contributed by atoms with Gasteiger partial charge in [-0.3, -0.25) is 0 Å². The van der Waals surface area contributed by atoms with Crippen LogP contribution in [0.1, 0.15) is 99.3 Å². The zero-order valence-electron chi connectivity index (χ0n) is 22.8. The largest absolute Gasteiger partial charge is 0.446 e. The lowest BCUT2D eigenvalue weighted by atomic mass is 9.43. The Kier molecular flexibility index (Phi) is 7.66. The van der Waals surface area contributed by atoms with Crippen LogP contribution in [0.2, 0.25) is 0 Å². The lowest BCUT2D eigenvalue weighted by Gasteiger charge is -2.63. The van der Waals surface area contributed by atoms with Crippen molar-refractivity contribution in [1.29, 1.82) is 0 Å². The molecule has 4 fully saturated rings. The normalized spacial score (nSPS) is 45.7. The predicted octanol–water partition coefficient (Wildman–Crippen LogP) is 5.10. The van der Waals surface area contributed by atoms with Crippen molar-refractivity contribution >= 4 is 11.9 Å². The van der Waals surface area contributed by atoms with Gasteiger partial charge in [0.1, 0.15) is 11.9 Å². The number of hydrogen-bond donors (Lipinski definition) is 3. The molecule has 0 aromatic rings. The second kappa shape index (κ2) is 9.96. The monoisotopic (exact) mass is 491 g/mol. The van der Waals surface area contributed by atoms with E-state index in [1.807, 2.05) is 13.8 Å². The maximum absolute atomic E-state index is 12.2. The van der Waals surface area contributed by atoms with E-state index < -0.39 is 0 Å². The maximum Gasteiger partial charge on any atom is 0.407 e. The molecule has 4 aliphatic carbocycles. The van der Waals surface area contributed by atoms with E-state index in [2.05, 4.69) is 26.1 Å². The summed E-state index contributed by atoms with van der Waals surface area (Å²) < 4.78 is 5.75. The number of ether oxygens (including phenoxy) is 1. The van der Waals surface area contributed by atoms with Crippen LogP contribution in [-0.2, 0) is 9.53 Å². The third-order valence-corrected chi connectivity index (χ3v) is 11.1. The Hall–Kier alpha value is -1.14. The number of carbonyl (C=O) groups is 2. The summed E-state index contributed by atoms with van der Waals surface area (Å²) in [6, 6.07) is 0.0482. The van der Waals surface area contributed by atoms with Crippen LogP contribution in [0, 0.1) is 46.3 Å². The van der Waals surface area contributed by atoms with E-state index in [0.29, 0.717) is 36.0 Å². The third kappa shape index (κ3) is 4.79. The fourth-order valence-electron chi connectivity index (χ4n) is 9.28. The van der Waals surface area contributed by atoms with Crippen LogP contribution >= 0.6 is 0 Å². The Morgan fingerprint density at radius 2 is 1.74 bits per heavy atom. The van der Waals surface area contributed by atoms with Crippen molar-refractivity contribution < 1.29 is 24.5 Å². The molecule has 0 aliphatic heterocycles. The number of Topliss-reactive ketones (excluding diaryl/α,β-unsaturated/α-hetero) is 1. The Morgan fingerprint density at radius 1 is 1.03 bits per heavy atom. The van der Waals surface area contributed by atoms with Gasteiger partial charge >= 0.3 is 6.09 Å². The summed E-state index contributed by atoms with van der Waals surface area (Å²) in [4.78, 5) is 23.8. The predicted molar refractivity (Wildman–Crippen MR) is 136 cm³/mol. The van der Waals surface area contributed by atoms with Crippen LogP contribution in [0.3, 0.4) is 0 Å². The molecule has 0 unspecified atom stereocenters. The van der Waals surface area contributed by atoms with Gasteiger partial charge in [0, 0.05) is 12.5 Å². The summed E-state index contributed by atoms with van der Waals surface area (Å²) in [5.41, 5.74) is -0.143. The van der Waals surface area contributed by atoms with Gasteiger partial charge in [0.25, 0.3) is 0 Å². The molecule has 4 saturated carbocycles. The first-order chi connectivity index (χ1) is 16.4. The Balaban J connectivity index is 1.50. The minimum absolute atomic E-state index is 0.0482. The molecule has 0 aromatic heterocycles. The quantitative estimate of drug-likeness (QED) is 0.481. The summed E-state index contributed by atoms with van der Waals surface area (Å²) in [6.45, 7) is 12.4. The van der Waals surface area contributed by atoms with Crippen LogP contribution in [0.4, 0.5) is 4.79 Å². The van der Waals surface area contributed by atoms with Crippen LogP contribution < -0.4 is 5.32 Å². The summed E-state index contributed by atoms with van der Waals surface area (Å²) in [5, 5.41) is 26.1. The number of ketones is 1. The molecule has 0 radical (unpaired) electrons. The van der Waals surface area contributed by atoms with Gasteiger partial charge < -0.3 is 25.1 Å². The minimum Gasteiger partial charge on any atom is -0.446 e. The molecule has 3 N–H and O–H groups in total. The van der Waals surface area contributed by atoms with Crippen molar-refractivity contribution in [3.05, 3.63) is 0 Å². The smallest absolute Gasteiger partial charge is 0.407 e. The molecule has 4 aliphatic rings. The molecule has 6 heteroatoms. The van der Waals surface area contributed by atoms with E-state index in [9.17, 15) is 19.8 Å². The molecule has 0 saturated heterocycles. The van der Waals surface area contributed by atoms with E-state index in [1.165, 1.54) is 0 Å². The number of hydrogen-bond acceptors (Lipinski definition) is 5. The molecule has 4 rings (SSSR count). The molecule has 35 heavy (non-hydrogen) atoms. The van der Waals surface area contributed by atoms with Crippen LogP contribution in [0.15, 0.2) is 0 Å². The van der Waals surface area contributed by atoms with E-state index in [0.717, 1.165) is 51.4 Å². The highest BCUT2D eigenvalue weighted by Crippen LogP contribution is 2.68. The minimum atomic E-state index is -0.380. The number of nitrogens with one attached hydrogen (secondary N) is 1. The van der Waals surface area contributed by atoms with E-state index in [-0.39, 0.29) is 53.0 Å². The summed E-state index contributed by atoms with van der Waals surface area (Å²) in [6.07, 6.45) is 6.56. The van der Waals surface area contributed by atoms with Gasteiger partial charge in [-0.2, -0.15) is 0 Å². The molecule has 1 amide bonds. The van der Waals surface area contributed by atoms with E-state index >= 15 is 0 Å². The molecule has 6 nitrogen and oxygen atoms in total. The average molecular weight is 492 g/mol. The summed E-state index contributed by atoms with van der Waals surface area (Å²) in [5.74, 6) is 2.16. The second-order valence-corrected chi connectivity index (χ2v) is 13.4. The van der Waals surface area contributed by atoms with Crippen molar-refractivity contribution in [2.45, 2.75) is 124 Å². The molecular formula is C29H49NO5. The molecule has 0 spiro atoms. The van der Waals surface area contributed by atoms with Crippen LogP contribution in [-0.4, -0.2) is 46.4 Å². The number of rotatable bonds is 6. The van der Waals surface area contributed by atoms with Gasteiger partial charge in [-0.05, 0) is 118 Å². The molecule has 200 valence electrons. The van der Waals surface area contributed by atoms with Crippen LogP contribution in [0.5, 0.6) is 0 Å². The average Bonchev–Trinajstić information content (AvgIpc) is 3.11. The third-order valence-electron chi connectivity index (χ3n) is 11.1. The highest BCUT2D eigenvalue weighted by atomic mass is 16.6. The Morgan fingerprint density at radius 3 is 2.40 bits per heavy atom. The number of alkyl carbamates (subject to hydrolysis) is 1. The number of aliphatic hydroxyl groups excluding tert-OH is 2.